The van der Waals surface area contributed by atoms with Crippen molar-refractivity contribution in [3.05, 3.63) is 23.8 Å². The molecule has 2 aliphatic heterocycles. The lowest BCUT2D eigenvalue weighted by Gasteiger charge is -2.19. The van der Waals surface area contributed by atoms with Crippen LogP contribution in [0.2, 0.25) is 0 Å². The second-order valence-electron chi connectivity index (χ2n) is 6.07. The Labute approximate surface area is 139 Å². The Morgan fingerprint density at radius 2 is 1.79 bits per heavy atom. The van der Waals surface area contributed by atoms with Crippen molar-refractivity contribution < 1.29 is 19.2 Å². The third-order valence-electron chi connectivity index (χ3n) is 4.30. The van der Waals surface area contributed by atoms with Crippen molar-refractivity contribution in [3.8, 4) is 0 Å². The fraction of sp³-hybridized carbons (Fsp3) is 0.412. The molecule has 7 nitrogen and oxygen atoms in total. The van der Waals surface area contributed by atoms with E-state index < -0.39 is 5.91 Å². The summed E-state index contributed by atoms with van der Waals surface area (Å²) < 4.78 is 0. The summed E-state index contributed by atoms with van der Waals surface area (Å²) in [5.41, 5.74) is 2.31. The van der Waals surface area contributed by atoms with E-state index in [1.807, 2.05) is 6.92 Å². The predicted octanol–water partition coefficient (Wildman–Crippen LogP) is 1.21. The van der Waals surface area contributed by atoms with Crippen LogP contribution in [0, 0.1) is 6.92 Å². The number of benzene rings is 1. The molecule has 1 aromatic carbocycles. The number of hydrogen-bond acceptors (Lipinski definition) is 4. The maximum atomic E-state index is 12.0. The molecule has 24 heavy (non-hydrogen) atoms. The Hall–Kier alpha value is -2.70. The summed E-state index contributed by atoms with van der Waals surface area (Å²) in [6.07, 6.45) is 1.76. The summed E-state index contributed by atoms with van der Waals surface area (Å²) in [6, 6.07) is 5.31. The van der Waals surface area contributed by atoms with Crippen LogP contribution in [0.15, 0.2) is 18.2 Å². The fourth-order valence-electron chi connectivity index (χ4n) is 3.08. The van der Waals surface area contributed by atoms with E-state index in [1.54, 1.807) is 23.1 Å². The first-order valence-corrected chi connectivity index (χ1v) is 8.00. The van der Waals surface area contributed by atoms with Crippen LogP contribution in [-0.2, 0) is 19.2 Å². The minimum atomic E-state index is -0.414. The van der Waals surface area contributed by atoms with Crippen molar-refractivity contribution >= 4 is 35.0 Å². The number of amides is 4. The molecule has 2 aliphatic rings. The van der Waals surface area contributed by atoms with Gasteiger partial charge in [-0.3, -0.25) is 24.1 Å². The summed E-state index contributed by atoms with van der Waals surface area (Å²) in [6.45, 7) is 2.33. The number of aryl methyl sites for hydroxylation is 1. The Bertz CT molecular complexity index is 713. The summed E-state index contributed by atoms with van der Waals surface area (Å²) in [5.74, 6) is -0.924. The summed E-state index contributed by atoms with van der Waals surface area (Å²) in [7, 11) is 0. The molecule has 4 amide bonds. The normalized spacial score (nSPS) is 17.8. The summed E-state index contributed by atoms with van der Waals surface area (Å²) >= 11 is 0. The zero-order valence-corrected chi connectivity index (χ0v) is 13.5. The lowest BCUT2D eigenvalue weighted by molar-refractivity contribution is -0.141. The molecule has 1 N–H and O–H groups in total. The van der Waals surface area contributed by atoms with Crippen molar-refractivity contribution in [1.29, 1.82) is 0 Å². The van der Waals surface area contributed by atoms with E-state index in [2.05, 4.69) is 5.32 Å². The molecule has 0 radical (unpaired) electrons. The highest BCUT2D eigenvalue weighted by molar-refractivity contribution is 6.06. The maximum absolute atomic E-state index is 12.0. The van der Waals surface area contributed by atoms with Crippen molar-refractivity contribution in [1.82, 2.24) is 4.90 Å². The SMILES string of the molecule is Cc1cc(NC(=O)CN2C(=O)CCC2=O)ccc1N1CCCC1=O. The van der Waals surface area contributed by atoms with Gasteiger partial charge in [-0.25, -0.2) is 0 Å². The maximum Gasteiger partial charge on any atom is 0.244 e. The van der Waals surface area contributed by atoms with Crippen LogP contribution in [-0.4, -0.2) is 41.6 Å². The van der Waals surface area contributed by atoms with Crippen LogP contribution in [0.25, 0.3) is 0 Å². The number of imide groups is 1. The van der Waals surface area contributed by atoms with Crippen LogP contribution in [0.5, 0.6) is 0 Å². The highest BCUT2D eigenvalue weighted by atomic mass is 16.2. The lowest BCUT2D eigenvalue weighted by atomic mass is 10.1. The highest BCUT2D eigenvalue weighted by Gasteiger charge is 2.30. The van der Waals surface area contributed by atoms with Gasteiger partial charge in [0.25, 0.3) is 0 Å². The molecule has 0 atom stereocenters. The lowest BCUT2D eigenvalue weighted by Crippen LogP contribution is -2.36. The Kier molecular flexibility index (Phi) is 4.33. The van der Waals surface area contributed by atoms with Gasteiger partial charge in [0.15, 0.2) is 0 Å². The molecule has 7 heteroatoms. The van der Waals surface area contributed by atoms with Gasteiger partial charge >= 0.3 is 0 Å². The Morgan fingerprint density at radius 3 is 2.38 bits per heavy atom. The first-order valence-electron chi connectivity index (χ1n) is 8.00. The number of carbonyl (C=O) groups excluding carboxylic acids is 4. The number of carbonyl (C=O) groups is 4. The molecule has 0 aromatic heterocycles. The molecule has 0 spiro atoms. The average molecular weight is 329 g/mol. The quantitative estimate of drug-likeness (QED) is 0.841. The van der Waals surface area contributed by atoms with Crippen LogP contribution < -0.4 is 10.2 Å². The van der Waals surface area contributed by atoms with Crippen molar-refractivity contribution in [2.45, 2.75) is 32.6 Å². The second-order valence-corrected chi connectivity index (χ2v) is 6.07. The third-order valence-corrected chi connectivity index (χ3v) is 4.30. The molecule has 2 fully saturated rings. The van der Waals surface area contributed by atoms with Crippen molar-refractivity contribution in [2.24, 2.45) is 0 Å². The number of nitrogens with one attached hydrogen (secondary N) is 1. The highest BCUT2D eigenvalue weighted by Crippen LogP contribution is 2.27. The molecule has 1 aromatic rings. The zero-order valence-electron chi connectivity index (χ0n) is 13.5. The van der Waals surface area contributed by atoms with Crippen LogP contribution in [0.1, 0.15) is 31.2 Å². The van der Waals surface area contributed by atoms with Gasteiger partial charge in [0.2, 0.25) is 23.6 Å². The van der Waals surface area contributed by atoms with Crippen LogP contribution >= 0.6 is 0 Å². The third kappa shape index (κ3) is 3.15. The molecular weight excluding hydrogens is 310 g/mol. The van der Waals surface area contributed by atoms with Gasteiger partial charge in [-0.15, -0.1) is 0 Å². The number of nitrogens with zero attached hydrogens (tertiary/aromatic N) is 2. The van der Waals surface area contributed by atoms with Gasteiger partial charge in [0.05, 0.1) is 0 Å². The summed E-state index contributed by atoms with van der Waals surface area (Å²) in [4.78, 5) is 49.7. The number of anilines is 2. The van der Waals surface area contributed by atoms with Gasteiger partial charge < -0.3 is 10.2 Å². The van der Waals surface area contributed by atoms with E-state index in [4.69, 9.17) is 0 Å². The van der Waals surface area contributed by atoms with E-state index >= 15 is 0 Å². The van der Waals surface area contributed by atoms with Gasteiger partial charge in [0.1, 0.15) is 6.54 Å². The van der Waals surface area contributed by atoms with Gasteiger partial charge in [-0.1, -0.05) is 0 Å². The number of hydrogen-bond donors (Lipinski definition) is 1. The van der Waals surface area contributed by atoms with E-state index in [9.17, 15) is 19.2 Å². The first-order chi connectivity index (χ1) is 11.5. The molecular formula is C17H19N3O4. The monoisotopic (exact) mass is 329 g/mol. The average Bonchev–Trinajstić information content (AvgIpc) is 3.08. The van der Waals surface area contributed by atoms with Crippen molar-refractivity contribution in [3.63, 3.8) is 0 Å². The van der Waals surface area contributed by atoms with Crippen LogP contribution in [0.3, 0.4) is 0 Å². The first kappa shape index (κ1) is 16.2. The summed E-state index contributed by atoms with van der Waals surface area (Å²) in [5, 5.41) is 2.69. The predicted molar refractivity (Wildman–Crippen MR) is 87.3 cm³/mol. The second kappa shape index (κ2) is 6.43. The molecule has 126 valence electrons. The Morgan fingerprint density at radius 1 is 1.08 bits per heavy atom. The Balaban J connectivity index is 1.66. The molecule has 2 heterocycles. The van der Waals surface area contributed by atoms with Gasteiger partial charge in [-0.05, 0) is 37.1 Å². The fourth-order valence-corrected chi connectivity index (χ4v) is 3.08. The molecule has 2 saturated heterocycles. The van der Waals surface area contributed by atoms with E-state index in [0.29, 0.717) is 18.7 Å². The van der Waals surface area contributed by atoms with Gasteiger partial charge in [-0.2, -0.15) is 0 Å². The van der Waals surface area contributed by atoms with Crippen LogP contribution in [0.4, 0.5) is 11.4 Å². The topological polar surface area (TPSA) is 86.8 Å². The largest absolute Gasteiger partial charge is 0.325 e. The molecule has 0 saturated carbocycles. The number of likely N-dealkylation sites (tertiary alicyclic amines) is 1. The molecule has 3 rings (SSSR count). The molecule has 0 bridgehead atoms. The van der Waals surface area contributed by atoms with Gasteiger partial charge in [0, 0.05) is 37.2 Å². The molecule has 0 aliphatic carbocycles. The number of rotatable bonds is 4. The molecule has 0 unspecified atom stereocenters. The zero-order chi connectivity index (χ0) is 17.3. The van der Waals surface area contributed by atoms with E-state index in [1.165, 1.54) is 0 Å². The van der Waals surface area contributed by atoms with Crippen molar-refractivity contribution in [2.75, 3.05) is 23.3 Å². The standard InChI is InChI=1S/C17H19N3O4/c1-11-9-12(4-5-13(11)19-8-2-3-15(19)22)18-14(21)10-20-16(23)6-7-17(20)24/h4-5,9H,2-3,6-8,10H2,1H3,(H,18,21). The minimum absolute atomic E-state index is 0.112. The minimum Gasteiger partial charge on any atom is -0.325 e. The smallest absolute Gasteiger partial charge is 0.244 e. The van der Waals surface area contributed by atoms with E-state index in [0.717, 1.165) is 22.6 Å². The van der Waals surface area contributed by atoms with E-state index in [-0.39, 0.29) is 37.1 Å².